The minimum atomic E-state index is -1.24. The first-order valence-corrected chi connectivity index (χ1v) is 2.94. The molecule has 0 saturated carbocycles. The third-order valence-electron chi connectivity index (χ3n) is 1.15. The van der Waals surface area contributed by atoms with E-state index in [1.54, 1.807) is 0 Å². The van der Waals surface area contributed by atoms with Gasteiger partial charge in [0.25, 0.3) is 5.76 Å². The van der Waals surface area contributed by atoms with E-state index >= 15 is 0 Å². The van der Waals surface area contributed by atoms with Gasteiger partial charge in [0.2, 0.25) is 5.76 Å². The van der Waals surface area contributed by atoms with Gasteiger partial charge in [-0.3, -0.25) is 4.42 Å². The van der Waals surface area contributed by atoms with E-state index in [9.17, 15) is 9.59 Å². The van der Waals surface area contributed by atoms with Gasteiger partial charge in [-0.25, -0.2) is 4.79 Å². The highest BCUT2D eigenvalue weighted by Gasteiger charge is 2.23. The summed E-state index contributed by atoms with van der Waals surface area (Å²) in [6, 6.07) is 2.37. The van der Waals surface area contributed by atoms with Gasteiger partial charge in [0.1, 0.15) is 0 Å². The third kappa shape index (κ3) is 1.39. The molecule has 1 heterocycles. The topological polar surface area (TPSA) is 78.8 Å². The molecule has 0 saturated heterocycles. The Labute approximate surface area is 66.9 Å². The van der Waals surface area contributed by atoms with Crippen molar-refractivity contribution in [3.8, 4) is 0 Å². The van der Waals surface area contributed by atoms with Crippen LogP contribution in [0.5, 0.6) is 0 Å². The Morgan fingerprint density at radius 2 is 2.00 bits per heavy atom. The molecule has 0 atom stereocenters. The van der Waals surface area contributed by atoms with Gasteiger partial charge in [-0.05, 0) is 12.1 Å². The molecule has 62 valence electrons. The molecule has 1 N–H and O–H groups in total. The molecule has 5 heteroatoms. The van der Waals surface area contributed by atoms with Crippen LogP contribution in [0.4, 0.5) is 0 Å². The van der Waals surface area contributed by atoms with Crippen LogP contribution >= 0.6 is 0 Å². The number of carbonyl (C=O) groups is 2. The summed E-state index contributed by atoms with van der Waals surface area (Å²) in [5.74, 6) is -2.53. The molecule has 0 aliphatic heterocycles. The fourth-order valence-electron chi connectivity index (χ4n) is 0.634. The molecule has 1 aromatic rings. The van der Waals surface area contributed by atoms with E-state index in [1.165, 1.54) is 6.07 Å². The first-order chi connectivity index (χ1) is 5.65. The first kappa shape index (κ1) is 8.19. The Morgan fingerprint density at radius 3 is 2.42 bits per heavy atom. The predicted octanol–water partition coefficient (Wildman–Crippen LogP) is 0.482. The summed E-state index contributed by atoms with van der Waals surface area (Å²) < 4.78 is 8.64. The van der Waals surface area contributed by atoms with Gasteiger partial charge >= 0.3 is 11.9 Å². The lowest BCUT2D eigenvalue weighted by Crippen LogP contribution is -1.96. The van der Waals surface area contributed by atoms with E-state index in [-0.39, 0.29) is 11.5 Å². The molecule has 0 aliphatic carbocycles. The summed E-state index contributed by atoms with van der Waals surface area (Å²) in [4.78, 5) is 20.9. The highest BCUT2D eigenvalue weighted by Crippen LogP contribution is 2.07. The molecule has 1 aromatic heterocycles. The highest BCUT2D eigenvalue weighted by atomic mass is 16.5. The lowest BCUT2D eigenvalue weighted by atomic mass is 10.4. The van der Waals surface area contributed by atoms with Crippen LogP contribution in [0.1, 0.15) is 21.1 Å². The number of hydrogen-bond acceptors (Lipinski definition) is 3. The van der Waals surface area contributed by atoms with Crippen molar-refractivity contribution in [1.82, 2.24) is 0 Å². The highest BCUT2D eigenvalue weighted by molar-refractivity contribution is 5.88. The van der Waals surface area contributed by atoms with Crippen LogP contribution in [0.15, 0.2) is 16.5 Å². The van der Waals surface area contributed by atoms with Gasteiger partial charge in [0.05, 0.1) is 4.79 Å². The van der Waals surface area contributed by atoms with E-state index < -0.39 is 11.9 Å². The molecule has 1 rings (SSSR count). The number of furan rings is 1. The zero-order valence-electron chi connectivity index (χ0n) is 5.94. The van der Waals surface area contributed by atoms with Crippen LogP contribution < -0.4 is 0 Å². The number of aromatic carboxylic acids is 1. The standard InChI is InChI=1S/C7H4O5/c1-11-7(10)5-3-2-4(12-5)6(8)9/h2-3H,1H2/p+1. The number of hydrogen-bond donors (Lipinski definition) is 1. The Bertz CT molecular complexity index is 335. The van der Waals surface area contributed by atoms with Gasteiger partial charge in [0.15, 0.2) is 6.79 Å². The van der Waals surface area contributed by atoms with Crippen LogP contribution in [0.3, 0.4) is 0 Å². The van der Waals surface area contributed by atoms with Gasteiger partial charge in [-0.15, -0.1) is 0 Å². The Kier molecular flexibility index (Phi) is 2.05. The molecule has 0 aliphatic rings. The molecule has 5 nitrogen and oxygen atoms in total. The van der Waals surface area contributed by atoms with Crippen molar-refractivity contribution in [2.24, 2.45) is 0 Å². The molecule has 0 radical (unpaired) electrons. The van der Waals surface area contributed by atoms with Crippen molar-refractivity contribution < 1.29 is 23.5 Å². The van der Waals surface area contributed by atoms with Crippen molar-refractivity contribution in [3.05, 3.63) is 23.7 Å². The lowest BCUT2D eigenvalue weighted by molar-refractivity contribution is -0.335. The minimum Gasteiger partial charge on any atom is -0.475 e. The smallest absolute Gasteiger partial charge is 0.475 e. The van der Waals surface area contributed by atoms with Crippen LogP contribution in [-0.4, -0.2) is 23.8 Å². The van der Waals surface area contributed by atoms with E-state index in [1.807, 2.05) is 0 Å². The van der Waals surface area contributed by atoms with Crippen molar-refractivity contribution in [2.45, 2.75) is 0 Å². The van der Waals surface area contributed by atoms with E-state index in [0.717, 1.165) is 6.07 Å². The fraction of sp³-hybridized carbons (Fsp3) is 0. The maximum Gasteiger partial charge on any atom is 0.648 e. The van der Waals surface area contributed by atoms with Crippen molar-refractivity contribution >= 4 is 18.7 Å². The van der Waals surface area contributed by atoms with Crippen LogP contribution in [0, 0.1) is 0 Å². The monoisotopic (exact) mass is 169 g/mol. The Hall–Kier alpha value is -1.91. The van der Waals surface area contributed by atoms with E-state index in [2.05, 4.69) is 15.6 Å². The summed E-state index contributed by atoms with van der Waals surface area (Å²) in [5, 5.41) is 8.39. The van der Waals surface area contributed by atoms with Gasteiger partial charge in [0, 0.05) is 0 Å². The summed E-state index contributed by atoms with van der Waals surface area (Å²) in [6.07, 6.45) is 0. The first-order valence-electron chi connectivity index (χ1n) is 2.94. The van der Waals surface area contributed by atoms with Gasteiger partial charge < -0.3 is 9.52 Å². The zero-order valence-corrected chi connectivity index (χ0v) is 5.94. The predicted molar refractivity (Wildman–Crippen MR) is 37.1 cm³/mol. The van der Waals surface area contributed by atoms with Gasteiger partial charge in [-0.2, -0.15) is 0 Å². The molecule has 12 heavy (non-hydrogen) atoms. The number of rotatable bonds is 2. The number of carboxylic acids is 1. The summed E-state index contributed by atoms with van der Waals surface area (Å²) in [7, 11) is 0. The average Bonchev–Trinajstić information content (AvgIpc) is 2.51. The molecule has 0 fully saturated rings. The second kappa shape index (κ2) is 3.00. The van der Waals surface area contributed by atoms with Crippen molar-refractivity contribution in [3.63, 3.8) is 0 Å². The normalized spacial score (nSPS) is 9.33. The molecule has 0 aromatic carbocycles. The maximum absolute atomic E-state index is 10.7. The number of carboxylic acid groups (broad SMARTS) is 1. The molecule has 0 unspecified atom stereocenters. The lowest BCUT2D eigenvalue weighted by Gasteiger charge is -1.81. The zero-order chi connectivity index (χ0) is 9.14. The molecular formula is C7H5O5+. The second-order valence-corrected chi connectivity index (χ2v) is 1.90. The average molecular weight is 169 g/mol. The number of carbonyl (C=O) groups excluding carboxylic acids is 2. The quantitative estimate of drug-likeness (QED) is 0.653. The summed E-state index contributed by atoms with van der Waals surface area (Å²) >= 11 is 0. The Balaban J connectivity index is 2.99. The Morgan fingerprint density at radius 1 is 1.42 bits per heavy atom. The molecular weight excluding hydrogens is 164 g/mol. The minimum absolute atomic E-state index is 0.178. The maximum atomic E-state index is 10.7. The fourth-order valence-corrected chi connectivity index (χ4v) is 0.634. The molecule has 0 bridgehead atoms. The molecule has 0 amide bonds. The largest absolute Gasteiger partial charge is 0.648 e. The second-order valence-electron chi connectivity index (χ2n) is 1.90. The summed E-state index contributed by atoms with van der Waals surface area (Å²) in [6.45, 7) is 2.86. The van der Waals surface area contributed by atoms with Crippen LogP contribution in [-0.2, 0) is 4.42 Å². The third-order valence-corrected chi connectivity index (χ3v) is 1.15. The summed E-state index contributed by atoms with van der Waals surface area (Å²) in [5.41, 5.74) is 0. The van der Waals surface area contributed by atoms with E-state index in [0.29, 0.717) is 0 Å². The molecule has 0 spiro atoms. The van der Waals surface area contributed by atoms with Crippen LogP contribution in [0.25, 0.3) is 0 Å². The van der Waals surface area contributed by atoms with Crippen molar-refractivity contribution in [2.75, 3.05) is 0 Å². The van der Waals surface area contributed by atoms with Gasteiger partial charge in [-0.1, -0.05) is 0 Å². The van der Waals surface area contributed by atoms with Crippen molar-refractivity contribution in [1.29, 1.82) is 0 Å². The van der Waals surface area contributed by atoms with E-state index in [4.69, 9.17) is 5.11 Å². The SMILES string of the molecule is C=[O+]C(=O)c1ccc(C(=O)O)o1. The van der Waals surface area contributed by atoms with Crippen LogP contribution in [0.2, 0.25) is 0 Å².